The lowest BCUT2D eigenvalue weighted by Crippen LogP contribution is -2.41. The molecule has 0 saturated carbocycles. The van der Waals surface area contributed by atoms with E-state index in [0.717, 1.165) is 5.56 Å². The molecule has 30 heavy (non-hydrogen) atoms. The molecule has 0 aromatic heterocycles. The highest BCUT2D eigenvalue weighted by molar-refractivity contribution is 6.31. The number of anilines is 1. The molecule has 4 rings (SSSR count). The Bertz CT molecular complexity index is 1120. The van der Waals surface area contributed by atoms with Crippen molar-refractivity contribution in [3.8, 4) is 5.75 Å². The summed E-state index contributed by atoms with van der Waals surface area (Å²) in [6, 6.07) is 21.1. The molecule has 5 nitrogen and oxygen atoms in total. The van der Waals surface area contributed by atoms with Crippen LogP contribution < -0.4 is 9.64 Å². The zero-order valence-corrected chi connectivity index (χ0v) is 17.1. The number of para-hydroxylation sites is 1. The van der Waals surface area contributed by atoms with Crippen LogP contribution in [0.5, 0.6) is 5.75 Å². The van der Waals surface area contributed by atoms with Crippen molar-refractivity contribution in [3.05, 3.63) is 94.5 Å². The number of benzene rings is 3. The number of rotatable bonds is 6. The van der Waals surface area contributed by atoms with Gasteiger partial charge in [-0.25, -0.2) is 0 Å². The first-order valence-corrected chi connectivity index (χ1v) is 9.86. The van der Waals surface area contributed by atoms with Crippen molar-refractivity contribution in [2.45, 2.75) is 18.6 Å². The van der Waals surface area contributed by atoms with Gasteiger partial charge < -0.3 is 14.7 Å². The minimum atomic E-state index is -2.01. The molecule has 1 aliphatic heterocycles. The Morgan fingerprint density at radius 1 is 1.07 bits per heavy atom. The van der Waals surface area contributed by atoms with Crippen LogP contribution in [0.1, 0.15) is 27.9 Å². The van der Waals surface area contributed by atoms with E-state index in [1.807, 2.05) is 30.3 Å². The highest BCUT2D eigenvalue weighted by Crippen LogP contribution is 2.45. The maximum atomic E-state index is 13.4. The number of nitrogens with zero attached hydrogens (tertiary/aromatic N) is 1. The van der Waals surface area contributed by atoms with E-state index >= 15 is 0 Å². The van der Waals surface area contributed by atoms with Gasteiger partial charge in [0, 0.05) is 10.6 Å². The van der Waals surface area contributed by atoms with Gasteiger partial charge in [-0.15, -0.1) is 0 Å². The molecule has 6 heteroatoms. The summed E-state index contributed by atoms with van der Waals surface area (Å²) in [6.45, 7) is 0.277. The molecular weight excluding hydrogens is 402 g/mol. The van der Waals surface area contributed by atoms with Gasteiger partial charge in [0.25, 0.3) is 5.91 Å². The number of aliphatic hydroxyl groups is 1. The van der Waals surface area contributed by atoms with Gasteiger partial charge in [0.15, 0.2) is 11.4 Å². The van der Waals surface area contributed by atoms with Gasteiger partial charge in [0.2, 0.25) is 0 Å². The Labute approximate surface area is 179 Å². The summed E-state index contributed by atoms with van der Waals surface area (Å²) in [7, 11) is 1.47. The van der Waals surface area contributed by atoms with Gasteiger partial charge >= 0.3 is 0 Å². The van der Waals surface area contributed by atoms with E-state index in [2.05, 4.69) is 0 Å². The second kappa shape index (κ2) is 7.94. The van der Waals surface area contributed by atoms with Gasteiger partial charge in [0.05, 0.1) is 31.3 Å². The predicted octanol–water partition coefficient (Wildman–Crippen LogP) is 4.36. The molecule has 1 atom stereocenters. The SMILES string of the molecule is COc1ccccc1C(=O)C[C@]1(O)C(=O)N(Cc2ccccc2)c2ccc(Cl)cc21. The Kier molecular flexibility index (Phi) is 5.33. The molecule has 1 N–H and O–H groups in total. The third-order valence-electron chi connectivity index (χ3n) is 5.30. The van der Waals surface area contributed by atoms with Crippen LogP contribution in [0.15, 0.2) is 72.8 Å². The summed E-state index contributed by atoms with van der Waals surface area (Å²) in [5.74, 6) is -0.549. The van der Waals surface area contributed by atoms with Gasteiger partial charge in [-0.3, -0.25) is 9.59 Å². The number of methoxy groups -OCH3 is 1. The van der Waals surface area contributed by atoms with Crippen molar-refractivity contribution in [2.75, 3.05) is 12.0 Å². The first kappa shape index (κ1) is 20.1. The number of hydrogen-bond acceptors (Lipinski definition) is 4. The summed E-state index contributed by atoms with van der Waals surface area (Å²) in [6.07, 6.45) is -0.412. The fourth-order valence-corrected chi connectivity index (χ4v) is 3.99. The number of carbonyl (C=O) groups is 2. The van der Waals surface area contributed by atoms with Crippen molar-refractivity contribution >= 4 is 29.0 Å². The van der Waals surface area contributed by atoms with Crippen molar-refractivity contribution in [1.82, 2.24) is 0 Å². The van der Waals surface area contributed by atoms with E-state index in [1.54, 1.807) is 42.5 Å². The fraction of sp³-hybridized carbons (Fsp3) is 0.167. The standard InChI is InChI=1S/C24H20ClNO4/c1-30-22-10-6-5-9-18(22)21(27)14-24(29)19-13-17(25)11-12-20(19)26(23(24)28)15-16-7-3-2-4-8-16/h2-13,29H,14-15H2,1H3/t24-/m1/s1. The van der Waals surface area contributed by atoms with Crippen LogP contribution >= 0.6 is 11.6 Å². The van der Waals surface area contributed by atoms with Crippen molar-refractivity contribution in [3.63, 3.8) is 0 Å². The molecule has 0 unspecified atom stereocenters. The number of amides is 1. The summed E-state index contributed by atoms with van der Waals surface area (Å²) < 4.78 is 5.26. The molecule has 1 aliphatic rings. The molecule has 152 valence electrons. The summed E-state index contributed by atoms with van der Waals surface area (Å²) in [5.41, 5.74) is 0.0913. The second-order valence-corrected chi connectivity index (χ2v) is 7.64. The number of hydrogen-bond donors (Lipinski definition) is 1. The Morgan fingerprint density at radius 2 is 1.77 bits per heavy atom. The van der Waals surface area contributed by atoms with E-state index in [0.29, 0.717) is 27.6 Å². The molecule has 0 saturated heterocycles. The zero-order chi connectivity index (χ0) is 21.3. The van der Waals surface area contributed by atoms with Crippen LogP contribution in [0.2, 0.25) is 5.02 Å². The van der Waals surface area contributed by atoms with Gasteiger partial charge in [-0.1, -0.05) is 54.1 Å². The molecular formula is C24H20ClNO4. The Morgan fingerprint density at radius 3 is 2.50 bits per heavy atom. The maximum Gasteiger partial charge on any atom is 0.264 e. The molecule has 0 aliphatic carbocycles. The molecule has 1 amide bonds. The average Bonchev–Trinajstić information content (AvgIpc) is 2.95. The molecule has 0 spiro atoms. The van der Waals surface area contributed by atoms with Crippen LogP contribution in [0.4, 0.5) is 5.69 Å². The monoisotopic (exact) mass is 421 g/mol. The van der Waals surface area contributed by atoms with Gasteiger partial charge in [-0.05, 0) is 35.9 Å². The van der Waals surface area contributed by atoms with Crippen molar-refractivity contribution in [1.29, 1.82) is 0 Å². The van der Waals surface area contributed by atoms with E-state index in [9.17, 15) is 14.7 Å². The molecule has 3 aromatic carbocycles. The number of halogens is 1. The Balaban J connectivity index is 1.73. The van der Waals surface area contributed by atoms with Crippen molar-refractivity contribution < 1.29 is 19.4 Å². The van der Waals surface area contributed by atoms with Gasteiger partial charge in [-0.2, -0.15) is 0 Å². The zero-order valence-electron chi connectivity index (χ0n) is 16.3. The van der Waals surface area contributed by atoms with Crippen LogP contribution in [0.3, 0.4) is 0 Å². The highest BCUT2D eigenvalue weighted by Gasteiger charge is 2.51. The number of fused-ring (bicyclic) bond motifs is 1. The van der Waals surface area contributed by atoms with Crippen LogP contribution in [-0.4, -0.2) is 23.9 Å². The summed E-state index contributed by atoms with van der Waals surface area (Å²) in [4.78, 5) is 27.9. The average molecular weight is 422 g/mol. The fourth-order valence-electron chi connectivity index (χ4n) is 3.82. The van der Waals surface area contributed by atoms with Crippen molar-refractivity contribution in [2.24, 2.45) is 0 Å². The number of carbonyl (C=O) groups excluding carboxylic acids is 2. The third-order valence-corrected chi connectivity index (χ3v) is 5.54. The van der Waals surface area contributed by atoms with E-state index in [-0.39, 0.29) is 6.54 Å². The molecule has 0 radical (unpaired) electrons. The first-order chi connectivity index (χ1) is 14.4. The van der Waals surface area contributed by atoms with E-state index < -0.39 is 23.7 Å². The lowest BCUT2D eigenvalue weighted by Gasteiger charge is -2.23. The molecule has 0 fully saturated rings. The summed E-state index contributed by atoms with van der Waals surface area (Å²) in [5, 5.41) is 11.8. The van der Waals surface area contributed by atoms with Crippen LogP contribution in [0.25, 0.3) is 0 Å². The highest BCUT2D eigenvalue weighted by atomic mass is 35.5. The molecule has 0 bridgehead atoms. The maximum absolute atomic E-state index is 13.4. The van der Waals surface area contributed by atoms with Gasteiger partial charge in [0.1, 0.15) is 5.75 Å². The topological polar surface area (TPSA) is 66.8 Å². The smallest absolute Gasteiger partial charge is 0.264 e. The molecule has 1 heterocycles. The summed E-state index contributed by atoms with van der Waals surface area (Å²) >= 11 is 6.16. The van der Waals surface area contributed by atoms with E-state index in [1.165, 1.54) is 12.0 Å². The lowest BCUT2D eigenvalue weighted by molar-refractivity contribution is -0.136. The largest absolute Gasteiger partial charge is 0.496 e. The second-order valence-electron chi connectivity index (χ2n) is 7.20. The quantitative estimate of drug-likeness (QED) is 0.601. The first-order valence-electron chi connectivity index (χ1n) is 9.48. The third kappa shape index (κ3) is 3.47. The number of Topliss-reactive ketones (excluding diaryl/α,β-unsaturated/α-hetero) is 1. The van der Waals surface area contributed by atoms with Crippen LogP contribution in [0, 0.1) is 0 Å². The number of ether oxygens (including phenoxy) is 1. The van der Waals surface area contributed by atoms with Crippen LogP contribution in [-0.2, 0) is 16.9 Å². The lowest BCUT2D eigenvalue weighted by atomic mass is 9.88. The molecule has 3 aromatic rings. The number of ketones is 1. The minimum absolute atomic E-state index is 0.277. The predicted molar refractivity (Wildman–Crippen MR) is 115 cm³/mol. The normalized spacial score (nSPS) is 17.7. The minimum Gasteiger partial charge on any atom is -0.496 e. The Hall–Kier alpha value is -3.15. The van der Waals surface area contributed by atoms with E-state index in [4.69, 9.17) is 16.3 Å².